The highest BCUT2D eigenvalue weighted by molar-refractivity contribution is 6.35. The maximum atomic E-state index is 6.21. The summed E-state index contributed by atoms with van der Waals surface area (Å²) in [4.78, 5) is 0. The molecule has 0 aliphatic rings. The van der Waals surface area contributed by atoms with Crippen LogP contribution in [-0.2, 0) is 6.54 Å². The minimum Gasteiger partial charge on any atom is -0.343 e. The predicted octanol–water partition coefficient (Wildman–Crippen LogP) is 4.96. The monoisotopic (exact) mass is 269 g/mol. The van der Waals surface area contributed by atoms with E-state index in [0.717, 1.165) is 17.0 Å². The van der Waals surface area contributed by atoms with Crippen LogP contribution in [0.15, 0.2) is 48.7 Å². The molecule has 2 aromatic carbocycles. The zero-order chi connectivity index (χ0) is 13.4. The molecule has 3 aromatic rings. The SMILES string of the molecule is Cc1cc(C)cc(Cn2ccc3c(Cl)cccc32)c1. The average molecular weight is 270 g/mol. The lowest BCUT2D eigenvalue weighted by atomic mass is 10.1. The first-order valence-corrected chi connectivity index (χ1v) is 6.82. The molecule has 1 aromatic heterocycles. The maximum Gasteiger partial charge on any atom is 0.0499 e. The van der Waals surface area contributed by atoms with Crippen LogP contribution in [0.25, 0.3) is 10.9 Å². The van der Waals surface area contributed by atoms with Gasteiger partial charge in [0.2, 0.25) is 0 Å². The lowest BCUT2D eigenvalue weighted by Gasteiger charge is -2.08. The highest BCUT2D eigenvalue weighted by atomic mass is 35.5. The van der Waals surface area contributed by atoms with Crippen LogP contribution in [0.4, 0.5) is 0 Å². The molecule has 0 spiro atoms. The summed E-state index contributed by atoms with van der Waals surface area (Å²) in [6.45, 7) is 5.16. The van der Waals surface area contributed by atoms with Gasteiger partial charge in [-0.3, -0.25) is 0 Å². The normalized spacial score (nSPS) is 11.1. The fourth-order valence-electron chi connectivity index (χ4n) is 2.68. The van der Waals surface area contributed by atoms with Gasteiger partial charge in [-0.05, 0) is 37.6 Å². The summed E-state index contributed by atoms with van der Waals surface area (Å²) in [5.41, 5.74) is 5.13. The van der Waals surface area contributed by atoms with E-state index in [1.165, 1.54) is 22.2 Å². The van der Waals surface area contributed by atoms with E-state index in [-0.39, 0.29) is 0 Å². The fraction of sp³-hybridized carbons (Fsp3) is 0.176. The lowest BCUT2D eigenvalue weighted by molar-refractivity contribution is 0.834. The Morgan fingerprint density at radius 1 is 1.00 bits per heavy atom. The van der Waals surface area contributed by atoms with Crippen molar-refractivity contribution in [2.24, 2.45) is 0 Å². The number of rotatable bonds is 2. The van der Waals surface area contributed by atoms with Gasteiger partial charge >= 0.3 is 0 Å². The van der Waals surface area contributed by atoms with Gasteiger partial charge in [-0.1, -0.05) is 47.0 Å². The molecule has 19 heavy (non-hydrogen) atoms. The Labute approximate surface area is 118 Å². The number of benzene rings is 2. The van der Waals surface area contributed by atoms with E-state index in [1.807, 2.05) is 12.1 Å². The molecule has 0 fully saturated rings. The smallest absolute Gasteiger partial charge is 0.0499 e. The van der Waals surface area contributed by atoms with Crippen molar-refractivity contribution in [3.05, 3.63) is 70.4 Å². The summed E-state index contributed by atoms with van der Waals surface area (Å²) in [5.74, 6) is 0. The number of hydrogen-bond donors (Lipinski definition) is 0. The van der Waals surface area contributed by atoms with Crippen molar-refractivity contribution >= 4 is 22.5 Å². The van der Waals surface area contributed by atoms with E-state index >= 15 is 0 Å². The maximum absolute atomic E-state index is 6.21. The van der Waals surface area contributed by atoms with Crippen molar-refractivity contribution < 1.29 is 0 Å². The second-order valence-electron chi connectivity index (χ2n) is 5.11. The van der Waals surface area contributed by atoms with Crippen LogP contribution in [-0.4, -0.2) is 4.57 Å². The van der Waals surface area contributed by atoms with E-state index in [4.69, 9.17) is 11.6 Å². The Bertz CT molecular complexity index is 720. The zero-order valence-corrected chi connectivity index (χ0v) is 11.9. The summed E-state index contributed by atoms with van der Waals surface area (Å²) in [5, 5.41) is 1.94. The summed E-state index contributed by atoms with van der Waals surface area (Å²) in [6.07, 6.45) is 2.11. The number of hydrogen-bond acceptors (Lipinski definition) is 0. The molecule has 0 saturated heterocycles. The molecule has 1 nitrogen and oxygen atoms in total. The number of aryl methyl sites for hydroxylation is 2. The number of aromatic nitrogens is 1. The second-order valence-corrected chi connectivity index (χ2v) is 5.52. The lowest BCUT2D eigenvalue weighted by Crippen LogP contribution is -1.98. The fourth-order valence-corrected chi connectivity index (χ4v) is 2.91. The van der Waals surface area contributed by atoms with Crippen molar-refractivity contribution in [2.75, 3.05) is 0 Å². The first kappa shape index (κ1) is 12.3. The number of halogens is 1. The first-order valence-electron chi connectivity index (χ1n) is 6.44. The third-order valence-electron chi connectivity index (χ3n) is 3.39. The summed E-state index contributed by atoms with van der Waals surface area (Å²) in [7, 11) is 0. The minimum absolute atomic E-state index is 0.816. The highest BCUT2D eigenvalue weighted by Crippen LogP contribution is 2.25. The highest BCUT2D eigenvalue weighted by Gasteiger charge is 2.05. The van der Waals surface area contributed by atoms with Gasteiger partial charge in [0.05, 0.1) is 0 Å². The first-order chi connectivity index (χ1) is 9.13. The van der Waals surface area contributed by atoms with E-state index in [0.29, 0.717) is 0 Å². The molecular formula is C17H16ClN. The molecule has 0 saturated carbocycles. The Morgan fingerprint density at radius 3 is 2.47 bits per heavy atom. The molecule has 2 heteroatoms. The van der Waals surface area contributed by atoms with Crippen LogP contribution < -0.4 is 0 Å². The molecule has 96 valence electrons. The van der Waals surface area contributed by atoms with E-state index in [2.05, 4.69) is 54.9 Å². The Kier molecular flexibility index (Phi) is 3.08. The van der Waals surface area contributed by atoms with Crippen LogP contribution in [0.2, 0.25) is 5.02 Å². The third kappa shape index (κ3) is 2.39. The molecule has 0 unspecified atom stereocenters. The van der Waals surface area contributed by atoms with Gasteiger partial charge in [-0.15, -0.1) is 0 Å². The largest absolute Gasteiger partial charge is 0.343 e. The molecule has 0 radical (unpaired) electrons. The van der Waals surface area contributed by atoms with Crippen molar-refractivity contribution in [1.29, 1.82) is 0 Å². The quantitative estimate of drug-likeness (QED) is 0.620. The molecular weight excluding hydrogens is 254 g/mol. The summed E-state index contributed by atoms with van der Waals surface area (Å²) >= 11 is 6.21. The molecule has 0 N–H and O–H groups in total. The van der Waals surface area contributed by atoms with Crippen LogP contribution in [0.1, 0.15) is 16.7 Å². The molecule has 3 rings (SSSR count). The Balaban J connectivity index is 2.04. The third-order valence-corrected chi connectivity index (χ3v) is 3.72. The second kappa shape index (κ2) is 4.75. The van der Waals surface area contributed by atoms with Gasteiger partial charge in [0.25, 0.3) is 0 Å². The van der Waals surface area contributed by atoms with E-state index in [9.17, 15) is 0 Å². The van der Waals surface area contributed by atoms with Gasteiger partial charge in [-0.2, -0.15) is 0 Å². The minimum atomic E-state index is 0.816. The molecule has 0 aliphatic carbocycles. The Hall–Kier alpha value is -1.73. The van der Waals surface area contributed by atoms with Gasteiger partial charge in [0.15, 0.2) is 0 Å². The molecule has 0 amide bonds. The average Bonchev–Trinajstić information content (AvgIpc) is 2.73. The number of fused-ring (bicyclic) bond motifs is 1. The van der Waals surface area contributed by atoms with Gasteiger partial charge < -0.3 is 4.57 Å². The predicted molar refractivity (Wildman–Crippen MR) is 82.0 cm³/mol. The van der Waals surface area contributed by atoms with Gasteiger partial charge in [0, 0.05) is 28.7 Å². The summed E-state index contributed by atoms with van der Waals surface area (Å²) in [6, 6.07) is 14.8. The standard InChI is InChI=1S/C17H16ClN/c1-12-8-13(2)10-14(9-12)11-19-7-6-15-16(18)4-3-5-17(15)19/h3-10H,11H2,1-2H3. The van der Waals surface area contributed by atoms with Crippen LogP contribution in [0.5, 0.6) is 0 Å². The molecule has 0 aliphatic heterocycles. The van der Waals surface area contributed by atoms with E-state index < -0.39 is 0 Å². The van der Waals surface area contributed by atoms with E-state index in [1.54, 1.807) is 0 Å². The van der Waals surface area contributed by atoms with Gasteiger partial charge in [-0.25, -0.2) is 0 Å². The number of nitrogens with zero attached hydrogens (tertiary/aromatic N) is 1. The van der Waals surface area contributed by atoms with Crippen molar-refractivity contribution in [3.8, 4) is 0 Å². The topological polar surface area (TPSA) is 4.93 Å². The Morgan fingerprint density at radius 2 is 1.74 bits per heavy atom. The van der Waals surface area contributed by atoms with Crippen molar-refractivity contribution in [1.82, 2.24) is 4.57 Å². The van der Waals surface area contributed by atoms with Crippen LogP contribution in [0, 0.1) is 13.8 Å². The summed E-state index contributed by atoms with van der Waals surface area (Å²) < 4.78 is 2.25. The zero-order valence-electron chi connectivity index (χ0n) is 11.2. The van der Waals surface area contributed by atoms with Crippen molar-refractivity contribution in [2.45, 2.75) is 20.4 Å². The van der Waals surface area contributed by atoms with Crippen LogP contribution in [0.3, 0.4) is 0 Å². The van der Waals surface area contributed by atoms with Crippen molar-refractivity contribution in [3.63, 3.8) is 0 Å². The van der Waals surface area contributed by atoms with Crippen LogP contribution >= 0.6 is 11.6 Å². The van der Waals surface area contributed by atoms with Gasteiger partial charge in [0.1, 0.15) is 0 Å². The molecule has 0 bridgehead atoms. The molecule has 0 atom stereocenters. The molecule has 1 heterocycles.